The number of aromatic nitrogens is 2. The summed E-state index contributed by atoms with van der Waals surface area (Å²) in [6.07, 6.45) is 6.63. The SMILES string of the molecule is CCCCC(CCC)CNCc1csnn1. The topological polar surface area (TPSA) is 37.8 Å². The van der Waals surface area contributed by atoms with Crippen LogP contribution in [0.15, 0.2) is 5.38 Å². The molecule has 1 N–H and O–H groups in total. The molecule has 0 radical (unpaired) electrons. The van der Waals surface area contributed by atoms with Crippen molar-refractivity contribution in [3.8, 4) is 0 Å². The zero-order valence-electron chi connectivity index (χ0n) is 10.4. The molecule has 0 aliphatic carbocycles. The van der Waals surface area contributed by atoms with Crippen LogP contribution in [0.2, 0.25) is 0 Å². The van der Waals surface area contributed by atoms with E-state index in [2.05, 4.69) is 28.8 Å². The predicted molar refractivity (Wildman–Crippen MR) is 69.5 cm³/mol. The Balaban J connectivity index is 2.15. The molecule has 1 heterocycles. The van der Waals surface area contributed by atoms with Crippen LogP contribution in [-0.2, 0) is 6.54 Å². The van der Waals surface area contributed by atoms with Crippen molar-refractivity contribution in [1.82, 2.24) is 14.9 Å². The lowest BCUT2D eigenvalue weighted by Crippen LogP contribution is -2.22. The van der Waals surface area contributed by atoms with E-state index >= 15 is 0 Å². The van der Waals surface area contributed by atoms with E-state index in [1.165, 1.54) is 43.6 Å². The highest BCUT2D eigenvalue weighted by Gasteiger charge is 2.07. The minimum atomic E-state index is 0.830. The highest BCUT2D eigenvalue weighted by atomic mass is 32.1. The minimum Gasteiger partial charge on any atom is -0.311 e. The summed E-state index contributed by atoms with van der Waals surface area (Å²) in [5.74, 6) is 0.830. The Kier molecular flexibility index (Phi) is 7.34. The van der Waals surface area contributed by atoms with Gasteiger partial charge in [-0.1, -0.05) is 37.6 Å². The minimum absolute atomic E-state index is 0.830. The summed E-state index contributed by atoms with van der Waals surface area (Å²) in [4.78, 5) is 0. The van der Waals surface area contributed by atoms with Gasteiger partial charge in [-0.3, -0.25) is 0 Å². The van der Waals surface area contributed by atoms with Crippen LogP contribution in [0.4, 0.5) is 0 Å². The van der Waals surface area contributed by atoms with Crippen LogP contribution >= 0.6 is 11.5 Å². The van der Waals surface area contributed by atoms with E-state index in [4.69, 9.17) is 0 Å². The van der Waals surface area contributed by atoms with Gasteiger partial charge in [-0.15, -0.1) is 5.10 Å². The zero-order valence-corrected chi connectivity index (χ0v) is 11.2. The van der Waals surface area contributed by atoms with Gasteiger partial charge in [-0.25, -0.2) is 0 Å². The molecule has 0 saturated heterocycles. The number of rotatable bonds is 9. The second kappa shape index (κ2) is 8.65. The van der Waals surface area contributed by atoms with Gasteiger partial charge < -0.3 is 5.32 Å². The molecule has 0 bridgehead atoms. The normalized spacial score (nSPS) is 12.9. The molecule has 0 spiro atoms. The van der Waals surface area contributed by atoms with Crippen molar-refractivity contribution in [3.05, 3.63) is 11.1 Å². The van der Waals surface area contributed by atoms with Crippen LogP contribution in [0, 0.1) is 5.92 Å². The molecule has 0 aliphatic heterocycles. The van der Waals surface area contributed by atoms with Crippen LogP contribution in [0.5, 0.6) is 0 Å². The largest absolute Gasteiger partial charge is 0.311 e. The maximum absolute atomic E-state index is 4.03. The number of nitrogens with one attached hydrogen (secondary N) is 1. The third-order valence-electron chi connectivity index (χ3n) is 2.81. The third-order valence-corrected chi connectivity index (χ3v) is 3.36. The van der Waals surface area contributed by atoms with Gasteiger partial charge in [-0.05, 0) is 36.8 Å². The van der Waals surface area contributed by atoms with Crippen molar-refractivity contribution in [2.45, 2.75) is 52.5 Å². The van der Waals surface area contributed by atoms with Crippen LogP contribution in [0.1, 0.15) is 51.6 Å². The summed E-state index contributed by atoms with van der Waals surface area (Å²) in [7, 11) is 0. The van der Waals surface area contributed by atoms with Crippen molar-refractivity contribution < 1.29 is 0 Å². The molecule has 4 heteroatoms. The smallest absolute Gasteiger partial charge is 0.0893 e. The molecule has 1 atom stereocenters. The zero-order chi connectivity index (χ0) is 11.6. The lowest BCUT2D eigenvalue weighted by Gasteiger charge is -2.15. The predicted octanol–water partition coefficient (Wildman–Crippen LogP) is 3.23. The second-order valence-electron chi connectivity index (χ2n) is 4.32. The van der Waals surface area contributed by atoms with E-state index in [0.717, 1.165) is 24.7 Å². The van der Waals surface area contributed by atoms with Gasteiger partial charge in [0.15, 0.2) is 0 Å². The quantitative estimate of drug-likeness (QED) is 0.721. The highest BCUT2D eigenvalue weighted by Crippen LogP contribution is 2.13. The molecule has 0 aromatic carbocycles. The van der Waals surface area contributed by atoms with Gasteiger partial charge in [0.1, 0.15) is 0 Å². The van der Waals surface area contributed by atoms with E-state index in [1.54, 1.807) is 0 Å². The van der Waals surface area contributed by atoms with Crippen molar-refractivity contribution in [2.75, 3.05) is 6.54 Å². The summed E-state index contributed by atoms with van der Waals surface area (Å²) in [6, 6.07) is 0. The first-order valence-electron chi connectivity index (χ1n) is 6.33. The molecule has 92 valence electrons. The Morgan fingerprint density at radius 1 is 1.31 bits per heavy atom. The lowest BCUT2D eigenvalue weighted by atomic mass is 9.97. The first-order chi connectivity index (χ1) is 7.86. The molecule has 3 nitrogen and oxygen atoms in total. The highest BCUT2D eigenvalue weighted by molar-refractivity contribution is 7.03. The first-order valence-corrected chi connectivity index (χ1v) is 7.17. The van der Waals surface area contributed by atoms with Crippen molar-refractivity contribution in [1.29, 1.82) is 0 Å². The fraction of sp³-hybridized carbons (Fsp3) is 0.833. The van der Waals surface area contributed by atoms with Crippen LogP contribution in [0.25, 0.3) is 0 Å². The number of hydrogen-bond acceptors (Lipinski definition) is 4. The van der Waals surface area contributed by atoms with Crippen molar-refractivity contribution in [3.63, 3.8) is 0 Å². The molecular formula is C12H23N3S. The van der Waals surface area contributed by atoms with Gasteiger partial charge in [0.25, 0.3) is 0 Å². The summed E-state index contributed by atoms with van der Waals surface area (Å²) in [6.45, 7) is 6.51. The Labute approximate surface area is 103 Å². The van der Waals surface area contributed by atoms with Gasteiger partial charge in [-0.2, -0.15) is 0 Å². The third kappa shape index (κ3) is 5.56. The molecule has 1 aromatic rings. The van der Waals surface area contributed by atoms with Crippen molar-refractivity contribution in [2.24, 2.45) is 5.92 Å². The van der Waals surface area contributed by atoms with Crippen molar-refractivity contribution >= 4 is 11.5 Å². The Morgan fingerprint density at radius 3 is 2.81 bits per heavy atom. The summed E-state index contributed by atoms with van der Waals surface area (Å²) >= 11 is 1.42. The number of unbranched alkanes of at least 4 members (excludes halogenated alkanes) is 1. The Morgan fingerprint density at radius 2 is 2.19 bits per heavy atom. The molecule has 0 fully saturated rings. The summed E-state index contributed by atoms with van der Waals surface area (Å²) in [5, 5.41) is 9.52. The molecule has 1 rings (SSSR count). The Bertz CT molecular complexity index is 249. The van der Waals surface area contributed by atoms with E-state index in [9.17, 15) is 0 Å². The van der Waals surface area contributed by atoms with Gasteiger partial charge in [0.05, 0.1) is 5.69 Å². The molecule has 0 amide bonds. The fourth-order valence-electron chi connectivity index (χ4n) is 1.91. The maximum Gasteiger partial charge on any atom is 0.0893 e. The molecule has 1 unspecified atom stereocenters. The van der Waals surface area contributed by atoms with Crippen LogP contribution in [0.3, 0.4) is 0 Å². The average Bonchev–Trinajstić information content (AvgIpc) is 2.79. The van der Waals surface area contributed by atoms with E-state index in [1.807, 2.05) is 5.38 Å². The average molecular weight is 241 g/mol. The molecule has 1 aromatic heterocycles. The fourth-order valence-corrected chi connectivity index (χ4v) is 2.37. The van der Waals surface area contributed by atoms with Gasteiger partial charge in [0, 0.05) is 11.9 Å². The monoisotopic (exact) mass is 241 g/mol. The van der Waals surface area contributed by atoms with Gasteiger partial charge in [0.2, 0.25) is 0 Å². The van der Waals surface area contributed by atoms with E-state index in [-0.39, 0.29) is 0 Å². The van der Waals surface area contributed by atoms with E-state index < -0.39 is 0 Å². The number of nitrogens with zero attached hydrogens (tertiary/aromatic N) is 2. The molecule has 0 saturated carbocycles. The van der Waals surface area contributed by atoms with E-state index in [0.29, 0.717) is 0 Å². The molecular weight excluding hydrogens is 218 g/mol. The van der Waals surface area contributed by atoms with Crippen LogP contribution in [-0.4, -0.2) is 16.1 Å². The lowest BCUT2D eigenvalue weighted by molar-refractivity contribution is 0.400. The summed E-state index contributed by atoms with van der Waals surface area (Å²) in [5.41, 5.74) is 1.07. The van der Waals surface area contributed by atoms with Crippen LogP contribution < -0.4 is 5.32 Å². The molecule has 0 aliphatic rings. The van der Waals surface area contributed by atoms with Gasteiger partial charge >= 0.3 is 0 Å². The maximum atomic E-state index is 4.03. The second-order valence-corrected chi connectivity index (χ2v) is 4.93. The first kappa shape index (κ1) is 13.6. The summed E-state index contributed by atoms with van der Waals surface area (Å²) < 4.78 is 3.86. The number of hydrogen-bond donors (Lipinski definition) is 1. The Hall–Kier alpha value is -0.480. The molecule has 16 heavy (non-hydrogen) atoms. The standard InChI is InChI=1S/C12H23N3S/c1-3-5-7-11(6-4-2)8-13-9-12-10-16-15-14-12/h10-11,13H,3-9H2,1-2H3.